The van der Waals surface area contributed by atoms with Gasteiger partial charge in [0.05, 0.1) is 18.8 Å². The van der Waals surface area contributed by atoms with Crippen LogP contribution in [0.5, 0.6) is 0 Å². The minimum absolute atomic E-state index is 0.106. The zero-order chi connectivity index (χ0) is 19.1. The Labute approximate surface area is 151 Å². The third-order valence-corrected chi connectivity index (χ3v) is 3.85. The number of hydrogen-bond acceptors (Lipinski definition) is 7. The van der Waals surface area contributed by atoms with E-state index < -0.39 is 49.1 Å². The smallest absolute Gasteiger partial charge is 0.338 e. The van der Waals surface area contributed by atoms with Crippen LogP contribution in [0.25, 0.3) is 0 Å². The Hall–Kier alpha value is -2.26. The molecule has 1 saturated heterocycles. The largest absolute Gasteiger partial charge is 0.453 e. The van der Waals surface area contributed by atoms with Crippen LogP contribution in [-0.4, -0.2) is 65.9 Å². The summed E-state index contributed by atoms with van der Waals surface area (Å²) in [5.74, 6) is -1.09. The summed E-state index contributed by atoms with van der Waals surface area (Å²) in [6, 6.07) is 7.27. The molecule has 1 aliphatic rings. The molecule has 1 aliphatic heterocycles. The topological polar surface area (TPSA) is 114 Å². The molecule has 0 bridgehead atoms. The van der Waals surface area contributed by atoms with Crippen LogP contribution in [0.1, 0.15) is 17.3 Å². The molecule has 2 rings (SSSR count). The molecule has 2 unspecified atom stereocenters. The van der Waals surface area contributed by atoms with Crippen molar-refractivity contribution in [3.63, 3.8) is 0 Å². The van der Waals surface area contributed by atoms with E-state index in [1.165, 1.54) is 13.0 Å². The van der Waals surface area contributed by atoms with Crippen molar-refractivity contribution < 1.29 is 34.0 Å². The van der Waals surface area contributed by atoms with Gasteiger partial charge in [-0.1, -0.05) is 24.3 Å². The molecular weight excluding hydrogens is 342 g/mol. The van der Waals surface area contributed by atoms with E-state index in [9.17, 15) is 19.8 Å². The normalized spacial score (nSPS) is 28.2. The van der Waals surface area contributed by atoms with Gasteiger partial charge in [-0.15, -0.1) is 6.58 Å². The number of aliphatic hydroxyl groups is 2. The zero-order valence-electron chi connectivity index (χ0n) is 14.4. The van der Waals surface area contributed by atoms with Crippen LogP contribution in [-0.2, 0) is 19.0 Å². The number of carbonyl (C=O) groups is 2. The summed E-state index contributed by atoms with van der Waals surface area (Å²) in [6.45, 7) is 4.42. The monoisotopic (exact) mass is 365 g/mol. The van der Waals surface area contributed by atoms with E-state index in [0.717, 1.165) is 0 Å². The van der Waals surface area contributed by atoms with E-state index in [2.05, 4.69) is 11.9 Å². The van der Waals surface area contributed by atoms with Crippen LogP contribution >= 0.6 is 0 Å². The molecule has 5 atom stereocenters. The summed E-state index contributed by atoms with van der Waals surface area (Å²) in [4.78, 5) is 24.0. The number of carbonyl (C=O) groups excluding carboxylic acids is 2. The average Bonchev–Trinajstić information content (AvgIpc) is 2.64. The first-order chi connectivity index (χ1) is 12.5. The van der Waals surface area contributed by atoms with Gasteiger partial charge in [-0.05, 0) is 12.1 Å². The lowest BCUT2D eigenvalue weighted by atomic mass is 9.96. The quantitative estimate of drug-likeness (QED) is 0.460. The lowest BCUT2D eigenvalue weighted by Crippen LogP contribution is -2.65. The Morgan fingerprint density at radius 1 is 1.35 bits per heavy atom. The molecule has 0 aromatic heterocycles. The third kappa shape index (κ3) is 4.89. The number of hydrogen-bond donors (Lipinski definition) is 3. The van der Waals surface area contributed by atoms with E-state index in [0.29, 0.717) is 0 Å². The molecule has 8 nitrogen and oxygen atoms in total. The van der Waals surface area contributed by atoms with E-state index in [-0.39, 0.29) is 12.2 Å². The highest BCUT2D eigenvalue weighted by Crippen LogP contribution is 2.25. The molecule has 3 N–H and O–H groups in total. The van der Waals surface area contributed by atoms with Crippen molar-refractivity contribution in [2.24, 2.45) is 0 Å². The summed E-state index contributed by atoms with van der Waals surface area (Å²) >= 11 is 0. The first-order valence-corrected chi connectivity index (χ1v) is 8.18. The van der Waals surface area contributed by atoms with Crippen LogP contribution < -0.4 is 5.32 Å². The van der Waals surface area contributed by atoms with E-state index in [1.807, 2.05) is 0 Å². The summed E-state index contributed by atoms with van der Waals surface area (Å²) in [5.41, 5.74) is 0.289. The Morgan fingerprint density at radius 3 is 2.62 bits per heavy atom. The second-order valence-electron chi connectivity index (χ2n) is 5.80. The maximum absolute atomic E-state index is 12.4. The maximum Gasteiger partial charge on any atom is 0.338 e. The van der Waals surface area contributed by atoms with Gasteiger partial charge in [0.2, 0.25) is 5.91 Å². The number of aliphatic hydroxyl groups excluding tert-OH is 2. The van der Waals surface area contributed by atoms with Crippen LogP contribution in [0.2, 0.25) is 0 Å². The van der Waals surface area contributed by atoms with Gasteiger partial charge in [0.15, 0.2) is 12.4 Å². The van der Waals surface area contributed by atoms with Gasteiger partial charge in [-0.3, -0.25) is 4.79 Å². The Bertz CT molecular complexity index is 621. The Morgan fingerprint density at radius 2 is 2.04 bits per heavy atom. The highest BCUT2D eigenvalue weighted by molar-refractivity contribution is 5.89. The van der Waals surface area contributed by atoms with E-state index in [4.69, 9.17) is 14.2 Å². The SMILES string of the molecule is C=CCO[C@H]1OC(CO)[C@@H](O)[C@H](OC(=O)c2ccccc2)C1NC(C)=O. The van der Waals surface area contributed by atoms with Gasteiger partial charge in [0, 0.05) is 6.92 Å². The van der Waals surface area contributed by atoms with Crippen molar-refractivity contribution in [3.8, 4) is 0 Å². The molecule has 0 spiro atoms. The Balaban J connectivity index is 2.26. The average molecular weight is 365 g/mol. The van der Waals surface area contributed by atoms with Crippen molar-refractivity contribution in [1.29, 1.82) is 0 Å². The van der Waals surface area contributed by atoms with Gasteiger partial charge in [-0.2, -0.15) is 0 Å². The number of esters is 1. The predicted molar refractivity (Wildman–Crippen MR) is 91.2 cm³/mol. The van der Waals surface area contributed by atoms with Crippen molar-refractivity contribution >= 4 is 11.9 Å². The van der Waals surface area contributed by atoms with Gasteiger partial charge < -0.3 is 29.7 Å². The number of nitrogens with one attached hydrogen (secondary N) is 1. The highest BCUT2D eigenvalue weighted by atomic mass is 16.7. The fraction of sp³-hybridized carbons (Fsp3) is 0.444. The van der Waals surface area contributed by atoms with Gasteiger partial charge >= 0.3 is 5.97 Å². The first-order valence-electron chi connectivity index (χ1n) is 8.18. The summed E-state index contributed by atoms with van der Waals surface area (Å²) < 4.78 is 16.4. The molecule has 0 aliphatic carbocycles. The van der Waals surface area contributed by atoms with E-state index >= 15 is 0 Å². The fourth-order valence-corrected chi connectivity index (χ4v) is 2.67. The van der Waals surface area contributed by atoms with E-state index in [1.54, 1.807) is 30.3 Å². The molecule has 142 valence electrons. The maximum atomic E-state index is 12.4. The molecule has 0 radical (unpaired) electrons. The van der Waals surface area contributed by atoms with Crippen molar-refractivity contribution in [2.75, 3.05) is 13.2 Å². The molecule has 0 saturated carbocycles. The molecule has 1 aromatic carbocycles. The van der Waals surface area contributed by atoms with Gasteiger partial charge in [-0.25, -0.2) is 4.79 Å². The first kappa shape index (κ1) is 20.1. The molecule has 1 fully saturated rings. The number of benzene rings is 1. The number of ether oxygens (including phenoxy) is 3. The zero-order valence-corrected chi connectivity index (χ0v) is 14.4. The van der Waals surface area contributed by atoms with Crippen LogP contribution in [0, 0.1) is 0 Å². The standard InChI is InChI=1S/C18H23NO7/c1-3-9-24-18-14(19-11(2)21)16(15(22)13(10-20)25-18)26-17(23)12-7-5-4-6-8-12/h3-8,13-16,18,20,22H,1,9-10H2,2H3,(H,19,21)/t13?,14?,15-,16-,18+/m1/s1. The second-order valence-corrected chi connectivity index (χ2v) is 5.80. The minimum Gasteiger partial charge on any atom is -0.453 e. The molecule has 1 aromatic rings. The lowest BCUT2D eigenvalue weighted by Gasteiger charge is -2.43. The summed E-state index contributed by atoms with van der Waals surface area (Å²) in [7, 11) is 0. The van der Waals surface area contributed by atoms with Crippen LogP contribution in [0.4, 0.5) is 0 Å². The van der Waals surface area contributed by atoms with Crippen molar-refractivity contribution in [1.82, 2.24) is 5.32 Å². The molecule has 1 heterocycles. The number of rotatable bonds is 7. The van der Waals surface area contributed by atoms with Gasteiger partial charge in [0.25, 0.3) is 0 Å². The highest BCUT2D eigenvalue weighted by Gasteiger charge is 2.48. The van der Waals surface area contributed by atoms with Gasteiger partial charge in [0.1, 0.15) is 18.2 Å². The molecule has 8 heteroatoms. The lowest BCUT2D eigenvalue weighted by molar-refractivity contribution is -0.266. The minimum atomic E-state index is -1.35. The second kappa shape index (κ2) is 9.44. The van der Waals surface area contributed by atoms with Crippen LogP contribution in [0.3, 0.4) is 0 Å². The Kier molecular flexibility index (Phi) is 7.28. The predicted octanol–water partition coefficient (Wildman–Crippen LogP) is -0.00260. The molecular formula is C18H23NO7. The third-order valence-electron chi connectivity index (χ3n) is 3.85. The summed E-state index contributed by atoms with van der Waals surface area (Å²) in [5, 5.41) is 22.5. The number of amides is 1. The van der Waals surface area contributed by atoms with Crippen molar-refractivity contribution in [3.05, 3.63) is 48.6 Å². The molecule has 26 heavy (non-hydrogen) atoms. The van der Waals surface area contributed by atoms with Crippen LogP contribution in [0.15, 0.2) is 43.0 Å². The molecule has 1 amide bonds. The summed E-state index contributed by atoms with van der Waals surface area (Å²) in [6.07, 6.45) is -3.12. The van der Waals surface area contributed by atoms with Crippen molar-refractivity contribution in [2.45, 2.75) is 37.6 Å². The fourth-order valence-electron chi connectivity index (χ4n) is 2.67.